The first-order chi connectivity index (χ1) is 11.2. The number of H-pyrrole nitrogens is 1. The number of rotatable bonds is 3. The highest BCUT2D eigenvalue weighted by atomic mass is 35.5. The smallest absolute Gasteiger partial charge is 0.259 e. The average Bonchev–Trinajstić information content (AvgIpc) is 2.93. The molecule has 0 radical (unpaired) electrons. The molecule has 0 aliphatic carbocycles. The minimum absolute atomic E-state index is 0.0702. The Morgan fingerprint density at radius 2 is 1.91 bits per heavy atom. The lowest BCUT2D eigenvalue weighted by molar-refractivity contribution is 1.04. The van der Waals surface area contributed by atoms with E-state index >= 15 is 0 Å². The number of nitrogens with one attached hydrogen (secondary N) is 1. The summed E-state index contributed by atoms with van der Waals surface area (Å²) in [6.07, 6.45) is 0. The summed E-state index contributed by atoms with van der Waals surface area (Å²) in [6, 6.07) is 16.9. The summed E-state index contributed by atoms with van der Waals surface area (Å²) >= 11 is 7.53. The molecule has 0 bridgehead atoms. The van der Waals surface area contributed by atoms with Gasteiger partial charge in [-0.3, -0.25) is 4.79 Å². The van der Waals surface area contributed by atoms with Gasteiger partial charge < -0.3 is 4.98 Å². The van der Waals surface area contributed by atoms with Gasteiger partial charge in [0.25, 0.3) is 5.56 Å². The molecule has 2 aromatic heterocycles. The molecule has 0 atom stereocenters. The third kappa shape index (κ3) is 2.73. The molecule has 6 heteroatoms. The van der Waals surface area contributed by atoms with Crippen LogP contribution in [0.4, 0.5) is 0 Å². The number of imidazole rings is 1. The predicted molar refractivity (Wildman–Crippen MR) is 94.3 cm³/mol. The van der Waals surface area contributed by atoms with Crippen molar-refractivity contribution in [3.8, 4) is 0 Å². The van der Waals surface area contributed by atoms with Crippen molar-refractivity contribution in [3.63, 3.8) is 0 Å². The summed E-state index contributed by atoms with van der Waals surface area (Å²) in [7, 11) is 0. The summed E-state index contributed by atoms with van der Waals surface area (Å²) in [5, 5.41) is 0.716. The lowest BCUT2D eigenvalue weighted by Crippen LogP contribution is -2.14. The Morgan fingerprint density at radius 1 is 1.13 bits per heavy atom. The van der Waals surface area contributed by atoms with Crippen LogP contribution in [0.2, 0.25) is 5.02 Å². The molecule has 1 N–H and O–H groups in total. The highest BCUT2D eigenvalue weighted by Gasteiger charge is 2.08. The van der Waals surface area contributed by atoms with E-state index in [1.807, 2.05) is 48.5 Å². The van der Waals surface area contributed by atoms with Crippen molar-refractivity contribution < 1.29 is 0 Å². The van der Waals surface area contributed by atoms with Crippen LogP contribution >= 0.6 is 23.4 Å². The lowest BCUT2D eigenvalue weighted by Gasteiger charge is -2.03. The third-order valence-corrected chi connectivity index (χ3v) is 4.87. The van der Waals surface area contributed by atoms with Crippen molar-refractivity contribution in [2.24, 2.45) is 0 Å². The van der Waals surface area contributed by atoms with Crippen molar-refractivity contribution >= 4 is 40.2 Å². The molecule has 0 aliphatic rings. The van der Waals surface area contributed by atoms with E-state index in [0.29, 0.717) is 16.6 Å². The zero-order chi connectivity index (χ0) is 15.8. The molecular formula is C17H12ClN3OS. The van der Waals surface area contributed by atoms with E-state index in [9.17, 15) is 4.79 Å². The van der Waals surface area contributed by atoms with Crippen LogP contribution in [0.5, 0.6) is 0 Å². The second kappa shape index (κ2) is 5.76. The van der Waals surface area contributed by atoms with Gasteiger partial charge in [0, 0.05) is 27.4 Å². The monoisotopic (exact) mass is 341 g/mol. The van der Waals surface area contributed by atoms with Crippen LogP contribution in [-0.2, 0) is 5.75 Å². The van der Waals surface area contributed by atoms with Gasteiger partial charge in [-0.05, 0) is 36.4 Å². The minimum atomic E-state index is -0.0702. The number of nitrogens with zero attached hydrogens (tertiary/aromatic N) is 2. The van der Waals surface area contributed by atoms with Crippen LogP contribution in [0.25, 0.3) is 16.8 Å². The third-order valence-electron chi connectivity index (χ3n) is 3.56. The van der Waals surface area contributed by atoms with E-state index < -0.39 is 0 Å². The Hall–Kier alpha value is -2.24. The predicted octanol–water partition coefficient (Wildman–Crippen LogP) is 4.12. The van der Waals surface area contributed by atoms with Crippen molar-refractivity contribution in [2.45, 2.75) is 10.6 Å². The summed E-state index contributed by atoms with van der Waals surface area (Å²) in [5.41, 5.74) is 2.40. The van der Waals surface area contributed by atoms with Gasteiger partial charge >= 0.3 is 0 Å². The molecule has 0 saturated heterocycles. The SMILES string of the molecule is O=c1cc(CSc2ccc(Cl)cc2)[nH]c2nc3ccccc3n12. The number of benzene rings is 2. The first kappa shape index (κ1) is 14.4. The Bertz CT molecular complexity index is 1050. The molecule has 4 rings (SSSR count). The van der Waals surface area contributed by atoms with Crippen LogP contribution in [0, 0.1) is 0 Å². The molecule has 0 saturated carbocycles. The average molecular weight is 342 g/mol. The number of hydrogen-bond acceptors (Lipinski definition) is 3. The molecule has 4 aromatic rings. The van der Waals surface area contributed by atoms with Crippen LogP contribution < -0.4 is 5.56 Å². The standard InChI is InChI=1S/C17H12ClN3OS/c18-11-5-7-13(8-6-11)23-10-12-9-16(22)21-15-4-2-1-3-14(15)20-17(21)19-12/h1-9H,10H2,(H,19,20). The Balaban J connectivity index is 1.69. The number of thioether (sulfide) groups is 1. The number of halogens is 1. The maximum absolute atomic E-state index is 12.4. The maximum atomic E-state index is 12.4. The first-order valence-corrected chi connectivity index (χ1v) is 8.45. The van der Waals surface area contributed by atoms with E-state index in [4.69, 9.17) is 11.6 Å². The molecule has 114 valence electrons. The highest BCUT2D eigenvalue weighted by molar-refractivity contribution is 7.98. The van der Waals surface area contributed by atoms with Crippen molar-refractivity contribution in [2.75, 3.05) is 0 Å². The molecule has 4 nitrogen and oxygen atoms in total. The second-order valence-corrected chi connectivity index (χ2v) is 6.62. The van der Waals surface area contributed by atoms with Gasteiger partial charge in [-0.15, -0.1) is 11.8 Å². The molecule has 2 heterocycles. The van der Waals surface area contributed by atoms with E-state index in [1.165, 1.54) is 0 Å². The highest BCUT2D eigenvalue weighted by Crippen LogP contribution is 2.23. The second-order valence-electron chi connectivity index (χ2n) is 5.13. The Kier molecular flexibility index (Phi) is 3.59. The molecule has 0 amide bonds. The van der Waals surface area contributed by atoms with Gasteiger partial charge in [0.2, 0.25) is 5.78 Å². The number of aromatic amines is 1. The summed E-state index contributed by atoms with van der Waals surface area (Å²) in [4.78, 5) is 21.2. The topological polar surface area (TPSA) is 50.2 Å². The van der Waals surface area contributed by atoms with Crippen molar-refractivity contribution in [1.29, 1.82) is 0 Å². The van der Waals surface area contributed by atoms with E-state index in [0.717, 1.165) is 21.6 Å². The first-order valence-electron chi connectivity index (χ1n) is 7.08. The van der Waals surface area contributed by atoms with Crippen LogP contribution in [0.15, 0.2) is 64.3 Å². The van der Waals surface area contributed by atoms with Gasteiger partial charge in [-0.1, -0.05) is 23.7 Å². The minimum Gasteiger partial charge on any atom is -0.328 e. The molecule has 0 aliphatic heterocycles. The van der Waals surface area contributed by atoms with Crippen molar-refractivity contribution in [3.05, 3.63) is 75.7 Å². The quantitative estimate of drug-likeness (QED) is 0.570. The largest absolute Gasteiger partial charge is 0.328 e. The number of aromatic nitrogens is 3. The van der Waals surface area contributed by atoms with E-state index in [2.05, 4.69) is 9.97 Å². The molecule has 2 aromatic carbocycles. The lowest BCUT2D eigenvalue weighted by atomic mass is 10.3. The van der Waals surface area contributed by atoms with Crippen LogP contribution in [-0.4, -0.2) is 14.4 Å². The van der Waals surface area contributed by atoms with E-state index in [-0.39, 0.29) is 5.56 Å². The van der Waals surface area contributed by atoms with E-state index in [1.54, 1.807) is 22.2 Å². The normalized spacial score (nSPS) is 11.3. The zero-order valence-corrected chi connectivity index (χ0v) is 13.6. The number of para-hydroxylation sites is 2. The van der Waals surface area contributed by atoms with Gasteiger partial charge in [0.1, 0.15) is 0 Å². The van der Waals surface area contributed by atoms with Crippen LogP contribution in [0.3, 0.4) is 0 Å². The fraction of sp³-hybridized carbons (Fsp3) is 0.0588. The Morgan fingerprint density at radius 3 is 2.74 bits per heavy atom. The van der Waals surface area contributed by atoms with Gasteiger partial charge in [-0.25, -0.2) is 9.38 Å². The van der Waals surface area contributed by atoms with Gasteiger partial charge in [-0.2, -0.15) is 0 Å². The fourth-order valence-electron chi connectivity index (χ4n) is 2.50. The molecule has 0 fully saturated rings. The summed E-state index contributed by atoms with van der Waals surface area (Å²) < 4.78 is 1.60. The number of fused-ring (bicyclic) bond motifs is 3. The molecule has 0 unspecified atom stereocenters. The molecule has 23 heavy (non-hydrogen) atoms. The van der Waals surface area contributed by atoms with Gasteiger partial charge in [0.15, 0.2) is 0 Å². The fourth-order valence-corrected chi connectivity index (χ4v) is 3.43. The number of hydrogen-bond donors (Lipinski definition) is 1. The maximum Gasteiger partial charge on any atom is 0.259 e. The van der Waals surface area contributed by atoms with Gasteiger partial charge in [0.05, 0.1) is 11.0 Å². The van der Waals surface area contributed by atoms with Crippen molar-refractivity contribution in [1.82, 2.24) is 14.4 Å². The summed E-state index contributed by atoms with van der Waals surface area (Å²) in [6.45, 7) is 0. The van der Waals surface area contributed by atoms with Crippen LogP contribution in [0.1, 0.15) is 5.69 Å². The Labute approximate surface area is 141 Å². The summed E-state index contributed by atoms with van der Waals surface area (Å²) in [5.74, 6) is 1.24. The molecule has 0 spiro atoms. The zero-order valence-electron chi connectivity index (χ0n) is 12.0. The molecular weight excluding hydrogens is 330 g/mol.